The Morgan fingerprint density at radius 1 is 1.08 bits per heavy atom. The van der Waals surface area contributed by atoms with Gasteiger partial charge in [-0.05, 0) is 42.3 Å². The van der Waals surface area contributed by atoms with Gasteiger partial charge in [0.2, 0.25) is 0 Å². The summed E-state index contributed by atoms with van der Waals surface area (Å²) in [5, 5.41) is 2.55. The van der Waals surface area contributed by atoms with E-state index in [1.165, 1.54) is 6.33 Å². The molecule has 6 heteroatoms. The van der Waals surface area contributed by atoms with Crippen molar-refractivity contribution in [2.24, 2.45) is 0 Å². The first-order valence-electron chi connectivity index (χ1n) is 7.44. The van der Waals surface area contributed by atoms with Crippen LogP contribution in [0.4, 0.5) is 5.69 Å². The third kappa shape index (κ3) is 3.08. The third-order valence-electron chi connectivity index (χ3n) is 3.73. The standard InChI is InChI=1S/C18H17N5O/c1-11-3-4-14(19)6-15(11)12-5-13(9-21-8-12)16-7-17(18(24)20-2)23-10-22-16/h3-10H,19H2,1-2H3,(H,20,24). The van der Waals surface area contributed by atoms with Gasteiger partial charge in [0.25, 0.3) is 5.91 Å². The highest BCUT2D eigenvalue weighted by atomic mass is 16.1. The topological polar surface area (TPSA) is 93.8 Å². The predicted molar refractivity (Wildman–Crippen MR) is 93.2 cm³/mol. The molecule has 0 unspecified atom stereocenters. The highest BCUT2D eigenvalue weighted by Crippen LogP contribution is 2.28. The molecule has 2 heterocycles. The van der Waals surface area contributed by atoms with Crippen LogP contribution < -0.4 is 11.1 Å². The lowest BCUT2D eigenvalue weighted by Gasteiger charge is -2.09. The van der Waals surface area contributed by atoms with Crippen molar-refractivity contribution in [1.29, 1.82) is 0 Å². The average molecular weight is 319 g/mol. The van der Waals surface area contributed by atoms with Gasteiger partial charge in [0.15, 0.2) is 0 Å². The molecule has 120 valence electrons. The number of nitrogens with zero attached hydrogens (tertiary/aromatic N) is 3. The van der Waals surface area contributed by atoms with Crippen molar-refractivity contribution < 1.29 is 4.79 Å². The minimum Gasteiger partial charge on any atom is -0.399 e. The van der Waals surface area contributed by atoms with E-state index in [1.807, 2.05) is 31.2 Å². The molecule has 2 aromatic heterocycles. The third-order valence-corrected chi connectivity index (χ3v) is 3.73. The van der Waals surface area contributed by atoms with Crippen LogP contribution in [0.3, 0.4) is 0 Å². The largest absolute Gasteiger partial charge is 0.399 e. The number of nitrogen functional groups attached to an aromatic ring is 1. The Balaban J connectivity index is 2.05. The van der Waals surface area contributed by atoms with Gasteiger partial charge in [-0.3, -0.25) is 9.78 Å². The van der Waals surface area contributed by atoms with E-state index in [9.17, 15) is 4.79 Å². The number of nitrogens with two attached hydrogens (primary N) is 1. The maximum atomic E-state index is 11.7. The molecule has 3 N–H and O–H groups in total. The highest BCUT2D eigenvalue weighted by molar-refractivity contribution is 5.93. The summed E-state index contributed by atoms with van der Waals surface area (Å²) in [6.45, 7) is 2.02. The van der Waals surface area contributed by atoms with E-state index >= 15 is 0 Å². The Morgan fingerprint density at radius 3 is 2.67 bits per heavy atom. The quantitative estimate of drug-likeness (QED) is 0.723. The van der Waals surface area contributed by atoms with Gasteiger partial charge in [-0.1, -0.05) is 6.07 Å². The van der Waals surface area contributed by atoms with Gasteiger partial charge in [0.05, 0.1) is 5.69 Å². The number of nitrogens with one attached hydrogen (secondary N) is 1. The molecule has 0 aliphatic rings. The van der Waals surface area contributed by atoms with Crippen molar-refractivity contribution in [1.82, 2.24) is 20.3 Å². The molecule has 0 atom stereocenters. The van der Waals surface area contributed by atoms with Gasteiger partial charge in [-0.15, -0.1) is 0 Å². The Labute approximate surface area is 139 Å². The predicted octanol–water partition coefficient (Wildman–Crippen LogP) is 2.46. The monoisotopic (exact) mass is 319 g/mol. The maximum absolute atomic E-state index is 11.7. The minimum atomic E-state index is -0.255. The number of pyridine rings is 1. The van der Waals surface area contributed by atoms with E-state index in [0.29, 0.717) is 17.1 Å². The number of rotatable bonds is 3. The summed E-state index contributed by atoms with van der Waals surface area (Å²) in [4.78, 5) is 24.3. The van der Waals surface area contributed by atoms with Gasteiger partial charge in [-0.2, -0.15) is 0 Å². The molecule has 24 heavy (non-hydrogen) atoms. The summed E-state index contributed by atoms with van der Waals surface area (Å²) in [6, 6.07) is 9.39. The molecule has 0 saturated heterocycles. The van der Waals surface area contributed by atoms with Gasteiger partial charge >= 0.3 is 0 Å². The maximum Gasteiger partial charge on any atom is 0.269 e. The number of hydrogen-bond acceptors (Lipinski definition) is 5. The van der Waals surface area contributed by atoms with Crippen molar-refractivity contribution >= 4 is 11.6 Å². The molecule has 0 aliphatic carbocycles. The zero-order chi connectivity index (χ0) is 17.1. The molecule has 0 spiro atoms. The first-order chi connectivity index (χ1) is 11.6. The second-order valence-electron chi connectivity index (χ2n) is 5.40. The smallest absolute Gasteiger partial charge is 0.269 e. The minimum absolute atomic E-state index is 0.255. The molecular formula is C18H17N5O. The van der Waals surface area contributed by atoms with Gasteiger partial charge in [0.1, 0.15) is 12.0 Å². The number of amides is 1. The van der Waals surface area contributed by atoms with Crippen LogP contribution in [-0.2, 0) is 0 Å². The number of carbonyl (C=O) groups excluding carboxylic acids is 1. The van der Waals surface area contributed by atoms with E-state index in [1.54, 1.807) is 25.5 Å². The Kier molecular flexibility index (Phi) is 4.20. The fraction of sp³-hybridized carbons (Fsp3) is 0.111. The van der Waals surface area contributed by atoms with Crippen LogP contribution >= 0.6 is 0 Å². The fourth-order valence-electron chi connectivity index (χ4n) is 2.45. The molecular weight excluding hydrogens is 302 g/mol. The summed E-state index contributed by atoms with van der Waals surface area (Å²) in [7, 11) is 1.56. The average Bonchev–Trinajstić information content (AvgIpc) is 2.63. The van der Waals surface area contributed by atoms with Crippen LogP contribution in [0.25, 0.3) is 22.4 Å². The van der Waals surface area contributed by atoms with E-state index < -0.39 is 0 Å². The molecule has 3 aromatic rings. The molecule has 0 saturated carbocycles. The zero-order valence-corrected chi connectivity index (χ0v) is 13.4. The van der Waals surface area contributed by atoms with Crippen LogP contribution in [0.5, 0.6) is 0 Å². The molecule has 1 amide bonds. The van der Waals surface area contributed by atoms with E-state index in [4.69, 9.17) is 5.73 Å². The van der Waals surface area contributed by atoms with Crippen LogP contribution in [0.2, 0.25) is 0 Å². The number of aryl methyl sites for hydroxylation is 1. The van der Waals surface area contributed by atoms with Crippen LogP contribution in [-0.4, -0.2) is 27.9 Å². The zero-order valence-electron chi connectivity index (χ0n) is 13.4. The molecule has 1 aromatic carbocycles. The van der Waals surface area contributed by atoms with Gasteiger partial charge in [-0.25, -0.2) is 9.97 Å². The lowest BCUT2D eigenvalue weighted by Crippen LogP contribution is -2.19. The SMILES string of the molecule is CNC(=O)c1cc(-c2cncc(-c3cc(N)ccc3C)c2)ncn1. The van der Waals surface area contributed by atoms with Crippen molar-refractivity contribution in [3.05, 3.63) is 60.3 Å². The van der Waals surface area contributed by atoms with Crippen LogP contribution in [0, 0.1) is 6.92 Å². The van der Waals surface area contributed by atoms with E-state index in [0.717, 1.165) is 22.3 Å². The van der Waals surface area contributed by atoms with Gasteiger partial charge < -0.3 is 11.1 Å². The molecule has 0 fully saturated rings. The summed E-state index contributed by atoms with van der Waals surface area (Å²) in [5.74, 6) is -0.255. The van der Waals surface area contributed by atoms with Crippen molar-refractivity contribution in [2.45, 2.75) is 6.92 Å². The summed E-state index contributed by atoms with van der Waals surface area (Å²) in [5.41, 5.74) is 11.4. The lowest BCUT2D eigenvalue weighted by atomic mass is 9.99. The molecule has 3 rings (SSSR count). The lowest BCUT2D eigenvalue weighted by molar-refractivity contribution is 0.0958. The van der Waals surface area contributed by atoms with Crippen molar-refractivity contribution in [3.63, 3.8) is 0 Å². The summed E-state index contributed by atoms with van der Waals surface area (Å²) in [6.07, 6.45) is 4.87. The Hall–Kier alpha value is -3.28. The number of anilines is 1. The number of carbonyl (C=O) groups is 1. The Morgan fingerprint density at radius 2 is 1.88 bits per heavy atom. The second-order valence-corrected chi connectivity index (χ2v) is 5.40. The summed E-state index contributed by atoms with van der Waals surface area (Å²) < 4.78 is 0. The number of aromatic nitrogens is 3. The number of hydrogen-bond donors (Lipinski definition) is 2. The van der Waals surface area contributed by atoms with Crippen molar-refractivity contribution in [2.75, 3.05) is 12.8 Å². The van der Waals surface area contributed by atoms with Crippen molar-refractivity contribution in [3.8, 4) is 22.4 Å². The molecule has 0 bridgehead atoms. The van der Waals surface area contributed by atoms with E-state index in [-0.39, 0.29) is 5.91 Å². The molecule has 0 aliphatic heterocycles. The molecule has 0 radical (unpaired) electrons. The normalized spacial score (nSPS) is 10.4. The highest BCUT2D eigenvalue weighted by Gasteiger charge is 2.10. The van der Waals surface area contributed by atoms with Crippen LogP contribution in [0.15, 0.2) is 49.1 Å². The fourth-order valence-corrected chi connectivity index (χ4v) is 2.45. The first kappa shape index (κ1) is 15.6. The van der Waals surface area contributed by atoms with Gasteiger partial charge in [0, 0.05) is 36.3 Å². The molecule has 6 nitrogen and oxygen atoms in total. The summed E-state index contributed by atoms with van der Waals surface area (Å²) >= 11 is 0. The van der Waals surface area contributed by atoms with Crippen LogP contribution in [0.1, 0.15) is 16.1 Å². The first-order valence-corrected chi connectivity index (χ1v) is 7.44. The Bertz CT molecular complexity index is 907. The number of benzene rings is 1. The second kappa shape index (κ2) is 6.45. The van der Waals surface area contributed by atoms with E-state index in [2.05, 4.69) is 20.3 Å².